The molecule has 1 aromatic heterocycles. The first-order chi connectivity index (χ1) is 14.2. The number of alkyl halides is 3. The van der Waals surface area contributed by atoms with Gasteiger partial charge < -0.3 is 10.2 Å². The molecule has 160 valence electrons. The van der Waals surface area contributed by atoms with Crippen molar-refractivity contribution in [3.63, 3.8) is 0 Å². The Morgan fingerprint density at radius 3 is 2.70 bits per heavy atom. The van der Waals surface area contributed by atoms with Gasteiger partial charge in [-0.05, 0) is 54.7 Å². The Labute approximate surface area is 181 Å². The molecular formula is C21H23BrF3N5. The number of rotatable bonds is 7. The first kappa shape index (κ1) is 22.3. The van der Waals surface area contributed by atoms with E-state index < -0.39 is 11.7 Å². The van der Waals surface area contributed by atoms with Crippen LogP contribution in [0.15, 0.2) is 41.0 Å². The molecule has 1 aliphatic carbocycles. The minimum atomic E-state index is -4.46. The fourth-order valence-electron chi connectivity index (χ4n) is 3.63. The Bertz CT molecular complexity index is 927. The highest BCUT2D eigenvalue weighted by Crippen LogP contribution is 2.42. The van der Waals surface area contributed by atoms with E-state index in [1.54, 1.807) is 13.1 Å². The molecule has 5 nitrogen and oxygen atoms in total. The fourth-order valence-corrected chi connectivity index (χ4v) is 4.14. The van der Waals surface area contributed by atoms with Gasteiger partial charge in [-0.3, -0.25) is 15.8 Å². The molecule has 30 heavy (non-hydrogen) atoms. The summed E-state index contributed by atoms with van der Waals surface area (Å²) in [6, 6.07) is 7.90. The molecule has 0 bridgehead atoms. The maximum Gasteiger partial charge on any atom is 0.418 e. The fraction of sp³-hybridized carbons (Fsp3) is 0.381. The number of benzene rings is 1. The van der Waals surface area contributed by atoms with Gasteiger partial charge in [0.25, 0.3) is 0 Å². The van der Waals surface area contributed by atoms with Gasteiger partial charge in [-0.25, -0.2) is 0 Å². The van der Waals surface area contributed by atoms with E-state index in [0.717, 1.165) is 41.7 Å². The van der Waals surface area contributed by atoms with Gasteiger partial charge in [-0.1, -0.05) is 22.4 Å². The second-order valence-electron chi connectivity index (χ2n) is 7.42. The summed E-state index contributed by atoms with van der Waals surface area (Å²) in [5, 5.41) is 19.0. The van der Waals surface area contributed by atoms with E-state index in [0.29, 0.717) is 17.4 Å². The Hall–Kier alpha value is -2.42. The van der Waals surface area contributed by atoms with Gasteiger partial charge in [0.15, 0.2) is 0 Å². The highest BCUT2D eigenvalue weighted by Gasteiger charge is 2.34. The van der Waals surface area contributed by atoms with E-state index in [1.807, 2.05) is 12.1 Å². The number of likely N-dealkylation sites (N-methyl/N-ethyl adjacent to an activating group) is 1. The van der Waals surface area contributed by atoms with Crippen molar-refractivity contribution < 1.29 is 13.2 Å². The van der Waals surface area contributed by atoms with E-state index in [9.17, 15) is 13.2 Å². The van der Waals surface area contributed by atoms with Crippen molar-refractivity contribution in [3.8, 4) is 0 Å². The minimum absolute atomic E-state index is 0.0710. The lowest BCUT2D eigenvalue weighted by Gasteiger charge is -2.36. The van der Waals surface area contributed by atoms with Crippen LogP contribution in [0.25, 0.3) is 0 Å². The van der Waals surface area contributed by atoms with Crippen LogP contribution in [0.5, 0.6) is 0 Å². The normalized spacial score (nSPS) is 15.2. The van der Waals surface area contributed by atoms with Crippen LogP contribution in [0.1, 0.15) is 42.0 Å². The Balaban J connectivity index is 1.86. The molecule has 0 aliphatic heterocycles. The molecule has 1 atom stereocenters. The standard InChI is InChI=1S/C21H23BrF3N5/c1-30(12-26)20(27)19(13-4-2-5-13)14-8-15(22)10-16(9-14)29-11-18-17(21(23,24)25)6-3-7-28-18/h3,6-10,12-13,19,26-27,29H,2,4-5,11H2,1H3. The van der Waals surface area contributed by atoms with E-state index in [-0.39, 0.29) is 18.2 Å². The predicted octanol–water partition coefficient (Wildman–Crippen LogP) is 5.87. The lowest BCUT2D eigenvalue weighted by atomic mass is 9.72. The van der Waals surface area contributed by atoms with Crippen molar-refractivity contribution in [2.24, 2.45) is 5.92 Å². The molecule has 0 saturated heterocycles. The van der Waals surface area contributed by atoms with Crippen LogP contribution in [0, 0.1) is 16.7 Å². The summed E-state index contributed by atoms with van der Waals surface area (Å²) in [6.45, 7) is -0.0719. The molecule has 3 N–H and O–H groups in total. The zero-order chi connectivity index (χ0) is 21.9. The number of hydrogen-bond acceptors (Lipinski definition) is 4. The largest absolute Gasteiger partial charge is 0.418 e. The highest BCUT2D eigenvalue weighted by molar-refractivity contribution is 9.10. The van der Waals surface area contributed by atoms with E-state index in [1.165, 1.54) is 17.2 Å². The van der Waals surface area contributed by atoms with Crippen LogP contribution in [0.4, 0.5) is 18.9 Å². The van der Waals surface area contributed by atoms with Crippen LogP contribution >= 0.6 is 15.9 Å². The molecule has 3 rings (SSSR count). The Morgan fingerprint density at radius 2 is 2.10 bits per heavy atom. The summed E-state index contributed by atoms with van der Waals surface area (Å²) >= 11 is 3.48. The quantitative estimate of drug-likeness (QED) is 0.341. The van der Waals surface area contributed by atoms with Crippen LogP contribution in [0.2, 0.25) is 0 Å². The van der Waals surface area contributed by atoms with Crippen LogP contribution in [0.3, 0.4) is 0 Å². The number of nitrogens with zero attached hydrogens (tertiary/aromatic N) is 2. The van der Waals surface area contributed by atoms with Crippen molar-refractivity contribution in [2.75, 3.05) is 12.4 Å². The van der Waals surface area contributed by atoms with Gasteiger partial charge in [0.1, 0.15) is 5.84 Å². The van der Waals surface area contributed by atoms with Crippen molar-refractivity contribution in [2.45, 2.75) is 37.9 Å². The minimum Gasteiger partial charge on any atom is -0.379 e. The van der Waals surface area contributed by atoms with Gasteiger partial charge in [0, 0.05) is 29.3 Å². The van der Waals surface area contributed by atoms with Crippen molar-refractivity contribution >= 4 is 33.8 Å². The van der Waals surface area contributed by atoms with Gasteiger partial charge in [-0.2, -0.15) is 13.2 Å². The topological polar surface area (TPSA) is 75.9 Å². The number of halogens is 4. The molecule has 0 spiro atoms. The van der Waals surface area contributed by atoms with Gasteiger partial charge >= 0.3 is 6.18 Å². The number of amidine groups is 1. The average Bonchev–Trinajstić information content (AvgIpc) is 2.66. The lowest BCUT2D eigenvalue weighted by Crippen LogP contribution is -2.36. The number of aromatic nitrogens is 1. The van der Waals surface area contributed by atoms with Crippen molar-refractivity contribution in [1.29, 1.82) is 10.8 Å². The van der Waals surface area contributed by atoms with Crippen molar-refractivity contribution in [1.82, 2.24) is 9.88 Å². The van der Waals surface area contributed by atoms with E-state index >= 15 is 0 Å². The molecule has 1 aliphatic rings. The second kappa shape index (κ2) is 9.16. The monoisotopic (exact) mass is 481 g/mol. The highest BCUT2D eigenvalue weighted by atomic mass is 79.9. The zero-order valence-corrected chi connectivity index (χ0v) is 18.0. The number of anilines is 1. The first-order valence-electron chi connectivity index (χ1n) is 9.58. The molecule has 1 aromatic carbocycles. The van der Waals surface area contributed by atoms with Gasteiger partial charge in [0.2, 0.25) is 0 Å². The predicted molar refractivity (Wildman–Crippen MR) is 115 cm³/mol. The third-order valence-corrected chi connectivity index (χ3v) is 5.88. The molecule has 1 unspecified atom stereocenters. The maximum absolute atomic E-state index is 13.2. The van der Waals surface area contributed by atoms with Gasteiger partial charge in [0.05, 0.1) is 24.1 Å². The maximum atomic E-state index is 13.2. The third-order valence-electron chi connectivity index (χ3n) is 5.42. The molecule has 1 saturated carbocycles. The molecule has 9 heteroatoms. The molecule has 0 amide bonds. The second-order valence-corrected chi connectivity index (χ2v) is 8.33. The zero-order valence-electron chi connectivity index (χ0n) is 16.4. The molecule has 0 radical (unpaired) electrons. The third kappa shape index (κ3) is 5.00. The van der Waals surface area contributed by atoms with E-state index in [4.69, 9.17) is 10.8 Å². The first-order valence-corrected chi connectivity index (χ1v) is 10.4. The summed E-state index contributed by atoms with van der Waals surface area (Å²) in [6.07, 6.45) is 1.13. The summed E-state index contributed by atoms with van der Waals surface area (Å²) < 4.78 is 40.4. The lowest BCUT2D eigenvalue weighted by molar-refractivity contribution is -0.138. The Morgan fingerprint density at radius 1 is 1.37 bits per heavy atom. The smallest absolute Gasteiger partial charge is 0.379 e. The van der Waals surface area contributed by atoms with Gasteiger partial charge in [-0.15, -0.1) is 0 Å². The summed E-state index contributed by atoms with van der Waals surface area (Å²) in [5.41, 5.74) is 0.716. The Kier molecular flexibility index (Phi) is 6.80. The van der Waals surface area contributed by atoms with Crippen molar-refractivity contribution in [3.05, 3.63) is 57.8 Å². The van der Waals surface area contributed by atoms with Crippen LogP contribution in [-0.2, 0) is 12.7 Å². The average molecular weight is 482 g/mol. The SMILES string of the molecule is CN(C=N)C(=N)C(c1cc(Br)cc(NCc2ncccc2C(F)(F)F)c1)C1CCC1. The number of nitrogens with one attached hydrogen (secondary N) is 3. The molecule has 1 fully saturated rings. The van der Waals surface area contributed by atoms with Crippen LogP contribution < -0.4 is 5.32 Å². The molecule has 1 heterocycles. The van der Waals surface area contributed by atoms with Crippen LogP contribution in [-0.4, -0.2) is 29.1 Å². The summed E-state index contributed by atoms with van der Waals surface area (Å²) in [5.74, 6) is 0.474. The van der Waals surface area contributed by atoms with E-state index in [2.05, 4.69) is 26.2 Å². The summed E-state index contributed by atoms with van der Waals surface area (Å²) in [7, 11) is 1.68. The number of pyridine rings is 1. The molecular weight excluding hydrogens is 459 g/mol. The number of hydrogen-bond donors (Lipinski definition) is 3. The summed E-state index contributed by atoms with van der Waals surface area (Å²) in [4.78, 5) is 5.38. The molecule has 2 aromatic rings.